The normalized spacial score (nSPS) is 42.2. The number of likely N-dealkylation sites (tertiary alicyclic amines) is 1. The lowest BCUT2D eigenvalue weighted by molar-refractivity contribution is -0.0614. The van der Waals surface area contributed by atoms with E-state index in [1.165, 1.54) is 0 Å². The molecule has 0 aromatic rings. The van der Waals surface area contributed by atoms with Crippen molar-refractivity contribution in [3.8, 4) is 0 Å². The molecule has 1 saturated heterocycles. The highest BCUT2D eigenvalue weighted by atomic mass is 16.3. The second kappa shape index (κ2) is 3.95. The molecule has 0 aromatic carbocycles. The van der Waals surface area contributed by atoms with Crippen LogP contribution in [0.25, 0.3) is 0 Å². The third-order valence-electron chi connectivity index (χ3n) is 3.35. The van der Waals surface area contributed by atoms with Crippen LogP contribution < -0.4 is 5.73 Å². The Hall–Kier alpha value is -0.120. The molecule has 13 heavy (non-hydrogen) atoms. The number of hydrogen-bond acceptors (Lipinski definition) is 3. The van der Waals surface area contributed by atoms with Gasteiger partial charge in [-0.25, -0.2) is 0 Å². The number of aliphatic hydroxyl groups is 1. The summed E-state index contributed by atoms with van der Waals surface area (Å²) in [4.78, 5) is 2.32. The van der Waals surface area contributed by atoms with Gasteiger partial charge in [0.1, 0.15) is 0 Å². The Balaban J connectivity index is 2.61. The molecule has 3 N–H and O–H groups in total. The highest BCUT2D eigenvalue weighted by Crippen LogP contribution is 2.31. The van der Waals surface area contributed by atoms with Gasteiger partial charge in [-0.15, -0.1) is 0 Å². The minimum absolute atomic E-state index is 0.459. The Morgan fingerprint density at radius 1 is 1.38 bits per heavy atom. The van der Waals surface area contributed by atoms with Gasteiger partial charge in [-0.2, -0.15) is 0 Å². The lowest BCUT2D eigenvalue weighted by atomic mass is 9.81. The molecule has 0 bridgehead atoms. The average molecular weight is 186 g/mol. The zero-order valence-corrected chi connectivity index (χ0v) is 8.95. The molecule has 3 heteroatoms. The largest absolute Gasteiger partial charge is 0.390 e. The SMILES string of the molecule is C[C@@H]1CC(O)(CCN)C[C@H](C)N1C. The minimum atomic E-state index is -0.514. The smallest absolute Gasteiger partial charge is 0.0689 e. The van der Waals surface area contributed by atoms with E-state index in [9.17, 15) is 5.11 Å². The van der Waals surface area contributed by atoms with Gasteiger partial charge in [-0.1, -0.05) is 0 Å². The fourth-order valence-corrected chi connectivity index (χ4v) is 2.38. The molecule has 1 fully saturated rings. The molecule has 1 rings (SSSR count). The second-order valence-corrected chi connectivity index (χ2v) is 4.53. The van der Waals surface area contributed by atoms with E-state index < -0.39 is 5.60 Å². The van der Waals surface area contributed by atoms with E-state index in [-0.39, 0.29) is 0 Å². The van der Waals surface area contributed by atoms with Crippen LogP contribution in [-0.2, 0) is 0 Å². The van der Waals surface area contributed by atoms with E-state index in [0.29, 0.717) is 18.6 Å². The van der Waals surface area contributed by atoms with Crippen LogP contribution >= 0.6 is 0 Å². The van der Waals surface area contributed by atoms with Crippen LogP contribution in [0.5, 0.6) is 0 Å². The summed E-state index contributed by atoms with van der Waals surface area (Å²) in [6.07, 6.45) is 2.44. The van der Waals surface area contributed by atoms with Crippen molar-refractivity contribution in [2.24, 2.45) is 5.73 Å². The van der Waals surface area contributed by atoms with Crippen LogP contribution in [0.3, 0.4) is 0 Å². The van der Waals surface area contributed by atoms with Crippen molar-refractivity contribution in [2.75, 3.05) is 13.6 Å². The molecule has 3 nitrogen and oxygen atoms in total. The number of piperidine rings is 1. The summed E-state index contributed by atoms with van der Waals surface area (Å²) < 4.78 is 0. The standard InChI is InChI=1S/C10H22N2O/c1-8-6-10(13,4-5-11)7-9(2)12(8)3/h8-9,13H,4-7,11H2,1-3H3/t8-,9+,10?. The highest BCUT2D eigenvalue weighted by Gasteiger charge is 2.37. The molecule has 0 amide bonds. The Morgan fingerprint density at radius 3 is 2.23 bits per heavy atom. The van der Waals surface area contributed by atoms with Crippen molar-refractivity contribution in [3.63, 3.8) is 0 Å². The molecule has 1 aliphatic heterocycles. The first-order chi connectivity index (χ1) is 5.98. The van der Waals surface area contributed by atoms with E-state index in [1.54, 1.807) is 0 Å². The fraction of sp³-hybridized carbons (Fsp3) is 1.00. The Morgan fingerprint density at radius 2 is 1.85 bits per heavy atom. The van der Waals surface area contributed by atoms with Crippen LogP contribution in [0, 0.1) is 0 Å². The molecular formula is C10H22N2O. The van der Waals surface area contributed by atoms with Crippen LogP contribution in [0.2, 0.25) is 0 Å². The van der Waals surface area contributed by atoms with Gasteiger partial charge in [-0.3, -0.25) is 0 Å². The second-order valence-electron chi connectivity index (χ2n) is 4.53. The quantitative estimate of drug-likeness (QED) is 0.663. The Bertz CT molecular complexity index is 160. The maximum absolute atomic E-state index is 10.2. The van der Waals surface area contributed by atoms with Crippen LogP contribution in [0.1, 0.15) is 33.1 Å². The third-order valence-corrected chi connectivity index (χ3v) is 3.35. The zero-order valence-electron chi connectivity index (χ0n) is 8.95. The summed E-state index contributed by atoms with van der Waals surface area (Å²) in [5.74, 6) is 0. The maximum atomic E-state index is 10.2. The van der Waals surface area contributed by atoms with Crippen molar-refractivity contribution >= 4 is 0 Å². The van der Waals surface area contributed by atoms with E-state index in [0.717, 1.165) is 19.3 Å². The first-order valence-electron chi connectivity index (χ1n) is 5.13. The van der Waals surface area contributed by atoms with Crippen LogP contribution in [0.4, 0.5) is 0 Å². The van der Waals surface area contributed by atoms with Crippen molar-refractivity contribution in [2.45, 2.75) is 50.8 Å². The summed E-state index contributed by atoms with van der Waals surface area (Å²) in [5.41, 5.74) is 4.98. The molecule has 1 heterocycles. The van der Waals surface area contributed by atoms with Crippen molar-refractivity contribution in [1.82, 2.24) is 4.90 Å². The number of nitrogens with two attached hydrogens (primary N) is 1. The minimum Gasteiger partial charge on any atom is -0.390 e. The lowest BCUT2D eigenvalue weighted by Gasteiger charge is -2.45. The van der Waals surface area contributed by atoms with Gasteiger partial charge in [0.05, 0.1) is 5.60 Å². The Kier molecular flexibility index (Phi) is 3.33. The third kappa shape index (κ3) is 2.42. The van der Waals surface area contributed by atoms with E-state index in [2.05, 4.69) is 25.8 Å². The lowest BCUT2D eigenvalue weighted by Crippen LogP contribution is -2.52. The predicted octanol–water partition coefficient (Wildman–Crippen LogP) is 0.569. The van der Waals surface area contributed by atoms with Gasteiger partial charge in [0.25, 0.3) is 0 Å². The van der Waals surface area contributed by atoms with Gasteiger partial charge in [-0.05, 0) is 46.7 Å². The Labute approximate surface area is 80.9 Å². The molecule has 1 unspecified atom stereocenters. The molecule has 0 spiro atoms. The molecule has 0 aliphatic carbocycles. The van der Waals surface area contributed by atoms with E-state index in [1.807, 2.05) is 0 Å². The van der Waals surface area contributed by atoms with Gasteiger partial charge in [0.15, 0.2) is 0 Å². The van der Waals surface area contributed by atoms with E-state index >= 15 is 0 Å². The molecule has 0 radical (unpaired) electrons. The monoisotopic (exact) mass is 186 g/mol. The fourth-order valence-electron chi connectivity index (χ4n) is 2.38. The summed E-state index contributed by atoms with van der Waals surface area (Å²) in [5, 5.41) is 10.2. The zero-order chi connectivity index (χ0) is 10.1. The van der Waals surface area contributed by atoms with Gasteiger partial charge >= 0.3 is 0 Å². The summed E-state index contributed by atoms with van der Waals surface area (Å²) in [6.45, 7) is 4.91. The molecule has 78 valence electrons. The molecular weight excluding hydrogens is 164 g/mol. The molecule has 0 saturated carbocycles. The first kappa shape index (κ1) is 11.0. The number of nitrogens with zero attached hydrogens (tertiary/aromatic N) is 1. The van der Waals surface area contributed by atoms with E-state index in [4.69, 9.17) is 5.73 Å². The maximum Gasteiger partial charge on any atom is 0.0689 e. The van der Waals surface area contributed by atoms with Crippen molar-refractivity contribution in [3.05, 3.63) is 0 Å². The van der Waals surface area contributed by atoms with Crippen LogP contribution in [-0.4, -0.2) is 41.3 Å². The van der Waals surface area contributed by atoms with Gasteiger partial charge < -0.3 is 15.7 Å². The number of rotatable bonds is 2. The topological polar surface area (TPSA) is 49.5 Å². The van der Waals surface area contributed by atoms with Crippen molar-refractivity contribution in [1.29, 1.82) is 0 Å². The van der Waals surface area contributed by atoms with Crippen molar-refractivity contribution < 1.29 is 5.11 Å². The van der Waals surface area contributed by atoms with Gasteiger partial charge in [0.2, 0.25) is 0 Å². The van der Waals surface area contributed by atoms with Crippen LogP contribution in [0.15, 0.2) is 0 Å². The first-order valence-corrected chi connectivity index (χ1v) is 5.13. The molecule has 0 aromatic heterocycles. The highest BCUT2D eigenvalue weighted by molar-refractivity contribution is 4.93. The average Bonchev–Trinajstić information content (AvgIpc) is 2.00. The van der Waals surface area contributed by atoms with Gasteiger partial charge in [0, 0.05) is 12.1 Å². The summed E-state index contributed by atoms with van der Waals surface area (Å²) in [7, 11) is 2.12. The summed E-state index contributed by atoms with van der Waals surface area (Å²) >= 11 is 0. The molecule has 3 atom stereocenters. The molecule has 1 aliphatic rings. The number of hydrogen-bond donors (Lipinski definition) is 2. The predicted molar refractivity (Wildman–Crippen MR) is 54.5 cm³/mol. The summed E-state index contributed by atoms with van der Waals surface area (Å²) in [6, 6.07) is 0.917.